The van der Waals surface area contributed by atoms with Crippen molar-refractivity contribution in [1.82, 2.24) is 20.1 Å². The maximum Gasteiger partial charge on any atom is 0.305 e. The highest BCUT2D eigenvalue weighted by atomic mass is 19.1. The number of hydrogen-bond donors (Lipinski definition) is 3. The minimum absolute atomic E-state index is 0.0367. The van der Waals surface area contributed by atoms with E-state index in [1.165, 1.54) is 31.0 Å². The Kier molecular flexibility index (Phi) is 7.05. The van der Waals surface area contributed by atoms with E-state index in [9.17, 15) is 19.1 Å². The predicted octanol–water partition coefficient (Wildman–Crippen LogP) is 2.97. The number of carbonyl (C=O) groups is 2. The molecule has 0 spiro atoms. The number of amides is 1. The normalized spacial score (nSPS) is 13.5. The van der Waals surface area contributed by atoms with Gasteiger partial charge in [0.15, 0.2) is 11.6 Å². The van der Waals surface area contributed by atoms with Crippen LogP contribution >= 0.6 is 0 Å². The molecule has 0 bridgehead atoms. The summed E-state index contributed by atoms with van der Waals surface area (Å²) in [6.45, 7) is 1.45. The van der Waals surface area contributed by atoms with Gasteiger partial charge in [-0.05, 0) is 42.2 Å². The predicted molar refractivity (Wildman–Crippen MR) is 122 cm³/mol. The smallest absolute Gasteiger partial charge is 0.305 e. The number of anilines is 1. The Morgan fingerprint density at radius 2 is 2.18 bits per heavy atom. The van der Waals surface area contributed by atoms with Gasteiger partial charge in [0.25, 0.3) is 5.91 Å². The number of aromatic nitrogens is 3. The van der Waals surface area contributed by atoms with Crippen LogP contribution in [0.15, 0.2) is 42.7 Å². The molecule has 0 saturated heterocycles. The lowest BCUT2D eigenvalue weighted by atomic mass is 10.0. The first-order valence-corrected chi connectivity index (χ1v) is 11.0. The Bertz CT molecular complexity index is 1200. The van der Waals surface area contributed by atoms with E-state index in [1.54, 1.807) is 10.9 Å². The molecule has 0 saturated carbocycles. The molecule has 2 aromatic heterocycles. The molecule has 9 nitrogen and oxygen atoms in total. The minimum atomic E-state index is -1.12. The average molecular weight is 468 g/mol. The third-order valence-corrected chi connectivity index (χ3v) is 5.71. The zero-order valence-corrected chi connectivity index (χ0v) is 18.8. The van der Waals surface area contributed by atoms with E-state index in [0.717, 1.165) is 37.0 Å². The maximum absolute atomic E-state index is 14.1. The van der Waals surface area contributed by atoms with Crippen molar-refractivity contribution in [3.05, 3.63) is 70.9 Å². The summed E-state index contributed by atoms with van der Waals surface area (Å²) in [5.74, 6) is -1.28. The average Bonchev–Trinajstić information content (AvgIpc) is 3.31. The number of ether oxygens (including phenoxy) is 1. The monoisotopic (exact) mass is 467 g/mol. The minimum Gasteiger partial charge on any atom is -0.494 e. The molecule has 34 heavy (non-hydrogen) atoms. The van der Waals surface area contributed by atoms with Crippen LogP contribution < -0.4 is 15.4 Å². The summed E-state index contributed by atoms with van der Waals surface area (Å²) < 4.78 is 20.7. The van der Waals surface area contributed by atoms with Gasteiger partial charge >= 0.3 is 5.97 Å². The van der Waals surface area contributed by atoms with E-state index >= 15 is 0 Å². The highest BCUT2D eigenvalue weighted by Crippen LogP contribution is 2.24. The van der Waals surface area contributed by atoms with Crippen LogP contribution in [0, 0.1) is 5.82 Å². The van der Waals surface area contributed by atoms with Gasteiger partial charge in [-0.15, -0.1) is 0 Å². The molecular weight excluding hydrogens is 441 g/mol. The number of pyridine rings is 1. The van der Waals surface area contributed by atoms with Crippen LogP contribution in [0.4, 0.5) is 10.2 Å². The molecule has 3 N–H and O–H groups in total. The summed E-state index contributed by atoms with van der Waals surface area (Å²) in [4.78, 5) is 28.8. The number of fused-ring (bicyclic) bond motifs is 1. The molecule has 178 valence electrons. The SMILES string of the molecule is COc1ccc(C(CC(=O)O)NC(=O)c2cnn(CCc3ccc4c(n3)NCCC4)c2)cc1F. The van der Waals surface area contributed by atoms with Crippen LogP contribution in [0.3, 0.4) is 0 Å². The van der Waals surface area contributed by atoms with E-state index in [2.05, 4.69) is 26.8 Å². The van der Waals surface area contributed by atoms with Crippen molar-refractivity contribution in [1.29, 1.82) is 0 Å². The topological polar surface area (TPSA) is 118 Å². The molecule has 1 unspecified atom stereocenters. The van der Waals surface area contributed by atoms with Crippen LogP contribution in [-0.2, 0) is 24.2 Å². The number of halogens is 1. The first-order valence-electron chi connectivity index (χ1n) is 11.0. The second-order valence-electron chi connectivity index (χ2n) is 8.10. The third-order valence-electron chi connectivity index (χ3n) is 5.71. The number of aryl methyl sites for hydroxylation is 3. The van der Waals surface area contributed by atoms with Crippen LogP contribution in [0.25, 0.3) is 0 Å². The molecule has 1 atom stereocenters. The van der Waals surface area contributed by atoms with Crippen LogP contribution in [0.5, 0.6) is 5.75 Å². The van der Waals surface area contributed by atoms with Crippen molar-refractivity contribution in [2.75, 3.05) is 19.0 Å². The fourth-order valence-electron chi connectivity index (χ4n) is 3.91. The van der Waals surface area contributed by atoms with Crippen molar-refractivity contribution in [2.45, 2.75) is 38.3 Å². The van der Waals surface area contributed by atoms with Gasteiger partial charge in [0, 0.05) is 31.4 Å². The van der Waals surface area contributed by atoms with Gasteiger partial charge in [0.2, 0.25) is 0 Å². The summed E-state index contributed by atoms with van der Waals surface area (Å²) in [5, 5.41) is 19.5. The molecule has 4 rings (SSSR count). The molecule has 3 heterocycles. The van der Waals surface area contributed by atoms with Gasteiger partial charge in [0.05, 0.1) is 31.3 Å². The van der Waals surface area contributed by atoms with E-state index in [0.29, 0.717) is 18.5 Å². The van der Waals surface area contributed by atoms with E-state index in [1.807, 2.05) is 6.07 Å². The quantitative estimate of drug-likeness (QED) is 0.443. The number of benzene rings is 1. The summed E-state index contributed by atoms with van der Waals surface area (Å²) in [7, 11) is 1.34. The summed E-state index contributed by atoms with van der Waals surface area (Å²) in [6.07, 6.45) is 5.39. The van der Waals surface area contributed by atoms with Crippen molar-refractivity contribution in [3.8, 4) is 5.75 Å². The largest absolute Gasteiger partial charge is 0.494 e. The summed E-state index contributed by atoms with van der Waals surface area (Å²) in [6, 6.07) is 7.27. The Morgan fingerprint density at radius 1 is 1.32 bits per heavy atom. The van der Waals surface area contributed by atoms with Gasteiger partial charge in [0.1, 0.15) is 5.82 Å². The van der Waals surface area contributed by atoms with Gasteiger partial charge in [-0.3, -0.25) is 14.3 Å². The Morgan fingerprint density at radius 3 is 2.94 bits per heavy atom. The zero-order valence-electron chi connectivity index (χ0n) is 18.8. The first kappa shape index (κ1) is 23.2. The van der Waals surface area contributed by atoms with E-state index in [-0.39, 0.29) is 11.3 Å². The van der Waals surface area contributed by atoms with E-state index in [4.69, 9.17) is 4.74 Å². The molecule has 3 aromatic rings. The lowest BCUT2D eigenvalue weighted by Crippen LogP contribution is -2.30. The Labute approximate surface area is 196 Å². The fourth-order valence-corrected chi connectivity index (χ4v) is 3.91. The van der Waals surface area contributed by atoms with Crippen LogP contribution in [0.1, 0.15) is 46.1 Å². The number of aliphatic carboxylic acids is 1. The van der Waals surface area contributed by atoms with Crippen molar-refractivity contribution in [2.24, 2.45) is 0 Å². The van der Waals surface area contributed by atoms with Gasteiger partial charge in [-0.1, -0.05) is 12.1 Å². The number of nitrogens with one attached hydrogen (secondary N) is 2. The summed E-state index contributed by atoms with van der Waals surface area (Å²) in [5.41, 5.74) is 2.76. The van der Waals surface area contributed by atoms with Gasteiger partial charge < -0.3 is 20.5 Å². The molecular formula is C24H26FN5O4. The number of carbonyl (C=O) groups excluding carboxylic acids is 1. The number of rotatable bonds is 9. The van der Waals surface area contributed by atoms with E-state index < -0.39 is 30.2 Å². The molecule has 10 heteroatoms. The zero-order chi connectivity index (χ0) is 24.1. The lowest BCUT2D eigenvalue weighted by Gasteiger charge is -2.18. The maximum atomic E-state index is 14.1. The Balaban J connectivity index is 1.41. The molecule has 1 aliphatic rings. The molecule has 0 fully saturated rings. The Hall–Kier alpha value is -3.95. The fraction of sp³-hybridized carbons (Fsp3) is 0.333. The molecule has 0 aliphatic carbocycles. The van der Waals surface area contributed by atoms with Gasteiger partial charge in [-0.2, -0.15) is 5.10 Å². The number of carboxylic acid groups (broad SMARTS) is 1. The number of nitrogens with zero attached hydrogens (tertiary/aromatic N) is 3. The molecule has 1 amide bonds. The molecule has 1 aromatic carbocycles. The summed E-state index contributed by atoms with van der Waals surface area (Å²) >= 11 is 0. The lowest BCUT2D eigenvalue weighted by molar-refractivity contribution is -0.137. The van der Waals surface area contributed by atoms with Crippen molar-refractivity contribution < 1.29 is 23.8 Å². The van der Waals surface area contributed by atoms with Gasteiger partial charge in [-0.25, -0.2) is 9.37 Å². The standard InChI is InChI=1S/C24H26FN5O4/c1-34-21-7-5-16(11-19(21)25)20(12-22(31)32)29-24(33)17-13-27-30(14-17)10-8-18-6-4-15-3-2-9-26-23(15)28-18/h4-7,11,13-14,20H,2-3,8-10,12H2,1H3,(H,26,28)(H,29,33)(H,31,32). The second-order valence-corrected chi connectivity index (χ2v) is 8.10. The number of methoxy groups -OCH3 is 1. The highest BCUT2D eigenvalue weighted by Gasteiger charge is 2.21. The first-order chi connectivity index (χ1) is 16.4. The highest BCUT2D eigenvalue weighted by molar-refractivity contribution is 5.94. The molecule has 1 aliphatic heterocycles. The van der Waals surface area contributed by atoms with Crippen LogP contribution in [-0.4, -0.2) is 45.4 Å². The number of hydrogen-bond acceptors (Lipinski definition) is 6. The second kappa shape index (κ2) is 10.3. The van der Waals surface area contributed by atoms with Crippen molar-refractivity contribution >= 4 is 17.7 Å². The van der Waals surface area contributed by atoms with Crippen molar-refractivity contribution in [3.63, 3.8) is 0 Å². The third kappa shape index (κ3) is 5.51. The van der Waals surface area contributed by atoms with Crippen LogP contribution in [0.2, 0.25) is 0 Å². The molecule has 0 radical (unpaired) electrons. The number of carboxylic acids is 1.